The number of phenols is 1. The zero-order valence-corrected chi connectivity index (χ0v) is 19.7. The van der Waals surface area contributed by atoms with Crippen molar-refractivity contribution in [3.63, 3.8) is 0 Å². The van der Waals surface area contributed by atoms with E-state index in [1.807, 2.05) is 34.9 Å². The number of nitrogens with zero attached hydrogens (tertiary/aromatic N) is 4. The Bertz CT molecular complexity index is 1780. The van der Waals surface area contributed by atoms with E-state index in [2.05, 4.69) is 0 Å². The molecule has 0 saturated carbocycles. The van der Waals surface area contributed by atoms with Crippen molar-refractivity contribution in [2.45, 2.75) is 19.6 Å². The number of furan rings is 2. The number of aromatic hydroxyl groups is 1. The molecule has 9 nitrogen and oxygen atoms in total. The first-order chi connectivity index (χ1) is 18.1. The van der Waals surface area contributed by atoms with Gasteiger partial charge in [0.2, 0.25) is 0 Å². The van der Waals surface area contributed by atoms with E-state index in [1.165, 1.54) is 27.9 Å². The van der Waals surface area contributed by atoms with Gasteiger partial charge >= 0.3 is 5.69 Å². The topological polar surface area (TPSA) is 108 Å². The molecule has 0 amide bonds. The van der Waals surface area contributed by atoms with E-state index in [0.717, 1.165) is 11.1 Å². The van der Waals surface area contributed by atoms with E-state index in [0.29, 0.717) is 29.0 Å². The molecule has 0 atom stereocenters. The number of hydrogen-bond donors (Lipinski definition) is 1. The lowest BCUT2D eigenvalue weighted by Crippen LogP contribution is -2.41. The van der Waals surface area contributed by atoms with Crippen molar-refractivity contribution in [1.29, 1.82) is 0 Å². The second-order valence-electron chi connectivity index (χ2n) is 8.75. The zero-order chi connectivity index (χ0) is 25.4. The van der Waals surface area contributed by atoms with Crippen molar-refractivity contribution < 1.29 is 13.9 Å². The molecule has 0 aliphatic heterocycles. The Hall–Kier alpha value is -5.05. The largest absolute Gasteiger partial charge is 0.508 e. The summed E-state index contributed by atoms with van der Waals surface area (Å²) in [5, 5.41) is 9.83. The highest BCUT2D eigenvalue weighted by Crippen LogP contribution is 2.26. The van der Waals surface area contributed by atoms with Crippen LogP contribution in [-0.4, -0.2) is 23.8 Å². The fraction of sp³-hybridized carbons (Fsp3) is 0.107. The molecule has 184 valence electrons. The summed E-state index contributed by atoms with van der Waals surface area (Å²) in [4.78, 5) is 32.5. The number of benzene rings is 2. The minimum absolute atomic E-state index is 0.0561. The van der Waals surface area contributed by atoms with Gasteiger partial charge in [0.05, 0.1) is 38.1 Å². The highest BCUT2D eigenvalue weighted by Gasteiger charge is 2.23. The molecule has 4 aromatic heterocycles. The molecular weight excluding hydrogens is 472 g/mol. The SMILES string of the molecule is O=c1c2c(nc(-c3ccc(O)cc3)n2Cc2ccccc2)n(Cc2ccoc2)c(=O)n1Cc1ccoc1. The molecule has 0 saturated heterocycles. The lowest BCUT2D eigenvalue weighted by Gasteiger charge is -2.12. The predicted molar refractivity (Wildman–Crippen MR) is 137 cm³/mol. The molecule has 0 fully saturated rings. The number of imidazole rings is 1. The smallest absolute Gasteiger partial charge is 0.333 e. The monoisotopic (exact) mass is 494 g/mol. The maximum atomic E-state index is 13.9. The normalized spacial score (nSPS) is 11.4. The van der Waals surface area contributed by atoms with Gasteiger partial charge in [0.25, 0.3) is 5.56 Å². The molecule has 0 aliphatic carbocycles. The summed E-state index contributed by atoms with van der Waals surface area (Å²) in [5.74, 6) is 0.631. The highest BCUT2D eigenvalue weighted by atomic mass is 16.3. The summed E-state index contributed by atoms with van der Waals surface area (Å²) in [5.41, 5.74) is 2.78. The van der Waals surface area contributed by atoms with Crippen molar-refractivity contribution in [2.24, 2.45) is 0 Å². The maximum absolute atomic E-state index is 13.9. The molecule has 6 rings (SSSR count). The Morgan fingerprint density at radius 2 is 1.32 bits per heavy atom. The average molecular weight is 495 g/mol. The average Bonchev–Trinajstić information content (AvgIpc) is 3.68. The molecule has 6 aromatic rings. The maximum Gasteiger partial charge on any atom is 0.333 e. The fourth-order valence-corrected chi connectivity index (χ4v) is 4.45. The molecular formula is C28H22N4O5. The van der Waals surface area contributed by atoms with E-state index >= 15 is 0 Å². The first-order valence-corrected chi connectivity index (χ1v) is 11.7. The molecule has 4 heterocycles. The Labute approximate surface area is 210 Å². The quantitative estimate of drug-likeness (QED) is 0.359. The van der Waals surface area contributed by atoms with Gasteiger partial charge < -0.3 is 18.5 Å². The van der Waals surface area contributed by atoms with E-state index in [9.17, 15) is 14.7 Å². The number of fused-ring (bicyclic) bond motifs is 1. The van der Waals surface area contributed by atoms with Crippen LogP contribution in [0, 0.1) is 0 Å². The second kappa shape index (κ2) is 9.19. The molecule has 0 spiro atoms. The van der Waals surface area contributed by atoms with Crippen LogP contribution in [0.15, 0.2) is 110 Å². The third kappa shape index (κ3) is 4.16. The summed E-state index contributed by atoms with van der Waals surface area (Å²) in [6.07, 6.45) is 6.12. The summed E-state index contributed by atoms with van der Waals surface area (Å²) in [6, 6.07) is 19.8. The minimum Gasteiger partial charge on any atom is -0.508 e. The van der Waals surface area contributed by atoms with Gasteiger partial charge in [-0.05, 0) is 42.0 Å². The first kappa shape index (κ1) is 22.4. The summed E-state index contributed by atoms with van der Waals surface area (Å²) in [7, 11) is 0. The van der Waals surface area contributed by atoms with Gasteiger partial charge in [-0.3, -0.25) is 13.9 Å². The van der Waals surface area contributed by atoms with Gasteiger partial charge in [0.15, 0.2) is 11.2 Å². The van der Waals surface area contributed by atoms with E-state index in [1.54, 1.807) is 42.7 Å². The lowest BCUT2D eigenvalue weighted by atomic mass is 10.2. The van der Waals surface area contributed by atoms with Gasteiger partial charge in [0, 0.05) is 23.2 Å². The van der Waals surface area contributed by atoms with Gasteiger partial charge in [0.1, 0.15) is 11.6 Å². The molecule has 0 aliphatic rings. The molecule has 37 heavy (non-hydrogen) atoms. The van der Waals surface area contributed by atoms with E-state index < -0.39 is 11.2 Å². The minimum atomic E-state index is -0.485. The van der Waals surface area contributed by atoms with Crippen molar-refractivity contribution in [3.8, 4) is 17.1 Å². The highest BCUT2D eigenvalue weighted by molar-refractivity contribution is 5.77. The molecule has 0 bridgehead atoms. The number of aromatic nitrogens is 4. The number of phenolic OH excluding ortho intramolecular Hbond substituents is 1. The third-order valence-corrected chi connectivity index (χ3v) is 6.26. The standard InChI is InChI=1S/C28H22N4O5/c33-23-8-6-22(7-9-23)25-29-26-24(30(25)14-19-4-2-1-3-5-19)27(34)32(16-21-11-13-37-18-21)28(35)31(26)15-20-10-12-36-17-20/h1-13,17-18,33H,14-16H2. The molecule has 2 aromatic carbocycles. The van der Waals surface area contributed by atoms with Crippen LogP contribution in [0.2, 0.25) is 0 Å². The van der Waals surface area contributed by atoms with Gasteiger partial charge in [-0.2, -0.15) is 0 Å². The van der Waals surface area contributed by atoms with Gasteiger partial charge in [-0.25, -0.2) is 9.78 Å². The number of hydrogen-bond acceptors (Lipinski definition) is 6. The van der Waals surface area contributed by atoms with Crippen molar-refractivity contribution in [3.05, 3.63) is 129 Å². The van der Waals surface area contributed by atoms with Crippen LogP contribution in [0.25, 0.3) is 22.6 Å². The summed E-state index contributed by atoms with van der Waals surface area (Å²) in [6.45, 7) is 0.591. The Balaban J connectivity index is 1.66. The van der Waals surface area contributed by atoms with Crippen LogP contribution in [0.5, 0.6) is 5.75 Å². The van der Waals surface area contributed by atoms with Crippen LogP contribution >= 0.6 is 0 Å². The van der Waals surface area contributed by atoms with Gasteiger partial charge in [-0.15, -0.1) is 0 Å². The van der Waals surface area contributed by atoms with Crippen LogP contribution < -0.4 is 11.2 Å². The van der Waals surface area contributed by atoms with Crippen molar-refractivity contribution in [2.75, 3.05) is 0 Å². The van der Waals surface area contributed by atoms with Crippen molar-refractivity contribution >= 4 is 11.2 Å². The van der Waals surface area contributed by atoms with Gasteiger partial charge in [-0.1, -0.05) is 30.3 Å². The van der Waals surface area contributed by atoms with E-state index in [4.69, 9.17) is 13.8 Å². The van der Waals surface area contributed by atoms with Crippen molar-refractivity contribution in [1.82, 2.24) is 18.7 Å². The Morgan fingerprint density at radius 3 is 1.95 bits per heavy atom. The zero-order valence-electron chi connectivity index (χ0n) is 19.7. The van der Waals surface area contributed by atoms with Crippen LogP contribution in [0.4, 0.5) is 0 Å². The Morgan fingerprint density at radius 1 is 0.703 bits per heavy atom. The van der Waals surface area contributed by atoms with E-state index in [-0.39, 0.29) is 24.5 Å². The summed E-state index contributed by atoms with van der Waals surface area (Å²) >= 11 is 0. The fourth-order valence-electron chi connectivity index (χ4n) is 4.45. The summed E-state index contributed by atoms with van der Waals surface area (Å²) < 4.78 is 14.9. The van der Waals surface area contributed by atoms with Crippen LogP contribution in [-0.2, 0) is 19.6 Å². The molecule has 9 heteroatoms. The van der Waals surface area contributed by atoms with Crippen LogP contribution in [0.1, 0.15) is 16.7 Å². The lowest BCUT2D eigenvalue weighted by molar-refractivity contribution is 0.475. The first-order valence-electron chi connectivity index (χ1n) is 11.7. The molecule has 0 radical (unpaired) electrons. The predicted octanol–water partition coefficient (Wildman–Crippen LogP) is 4.06. The number of rotatable bonds is 7. The second-order valence-corrected chi connectivity index (χ2v) is 8.75. The Kier molecular flexibility index (Phi) is 5.57. The third-order valence-electron chi connectivity index (χ3n) is 6.26. The molecule has 1 N–H and O–H groups in total. The molecule has 0 unspecified atom stereocenters. The van der Waals surface area contributed by atoms with Crippen LogP contribution in [0.3, 0.4) is 0 Å².